The molecule has 0 aliphatic carbocycles. The number of rotatable bonds is 10. The number of hydrogen-bond acceptors (Lipinski definition) is 6. The highest BCUT2D eigenvalue weighted by atomic mass is 31.2. The quantitative estimate of drug-likeness (QED) is 0.421. The standard InChI is InChI=1S/C21H27N2O6P/c1-4-28-30(27,29-5-2)15-11-7-10-14-22-16-17(3)19(24)23(21(22)26)20(25)18-12-8-6-9-13-18/h6-10,12-13,16H,4-5,11,14-15H2,1-3H3/b10-7+. The highest BCUT2D eigenvalue weighted by molar-refractivity contribution is 7.53. The molecule has 30 heavy (non-hydrogen) atoms. The van der Waals surface area contributed by atoms with Crippen LogP contribution in [-0.2, 0) is 20.2 Å². The van der Waals surface area contributed by atoms with E-state index >= 15 is 0 Å². The molecule has 0 unspecified atom stereocenters. The Bertz CT molecular complexity index is 1050. The zero-order chi connectivity index (χ0) is 22.1. The second-order valence-corrected chi connectivity index (χ2v) is 8.67. The van der Waals surface area contributed by atoms with E-state index in [2.05, 4.69) is 0 Å². The molecule has 0 radical (unpaired) electrons. The van der Waals surface area contributed by atoms with Gasteiger partial charge in [0.2, 0.25) is 0 Å². The van der Waals surface area contributed by atoms with Gasteiger partial charge < -0.3 is 9.05 Å². The molecule has 0 atom stereocenters. The van der Waals surface area contributed by atoms with Crippen molar-refractivity contribution in [1.82, 2.24) is 9.13 Å². The fraction of sp³-hybridized carbons (Fsp3) is 0.381. The first kappa shape index (κ1) is 23.7. The van der Waals surface area contributed by atoms with Crippen molar-refractivity contribution in [3.05, 3.63) is 80.6 Å². The van der Waals surface area contributed by atoms with Crippen molar-refractivity contribution in [2.24, 2.45) is 0 Å². The first-order valence-electron chi connectivity index (χ1n) is 9.79. The van der Waals surface area contributed by atoms with Gasteiger partial charge in [0.1, 0.15) is 0 Å². The molecule has 1 heterocycles. The Hall–Kier alpha value is -2.54. The van der Waals surface area contributed by atoms with E-state index in [1.807, 2.05) is 0 Å². The molecule has 0 saturated carbocycles. The topological polar surface area (TPSA) is 96.6 Å². The fourth-order valence-electron chi connectivity index (χ4n) is 2.85. The molecule has 1 aromatic carbocycles. The van der Waals surface area contributed by atoms with Crippen LogP contribution in [0.15, 0.2) is 58.3 Å². The van der Waals surface area contributed by atoms with Crippen molar-refractivity contribution >= 4 is 13.5 Å². The largest absolute Gasteiger partial charge is 0.338 e. The summed E-state index contributed by atoms with van der Waals surface area (Å²) in [5.74, 6) is -0.665. The molecule has 2 aromatic rings. The molecule has 0 amide bonds. The van der Waals surface area contributed by atoms with Crippen LogP contribution in [0.5, 0.6) is 0 Å². The molecule has 0 saturated heterocycles. The SMILES string of the molecule is CCOP(=O)(CC/C=C/Cn1cc(C)c(=O)n(C(=O)c2ccccc2)c1=O)OCC. The average molecular weight is 434 g/mol. The minimum Gasteiger partial charge on any atom is -0.309 e. The fourth-order valence-corrected chi connectivity index (χ4v) is 4.44. The number of hydrogen-bond donors (Lipinski definition) is 0. The summed E-state index contributed by atoms with van der Waals surface area (Å²) in [5.41, 5.74) is -0.807. The lowest BCUT2D eigenvalue weighted by molar-refractivity contribution is 0.0948. The molecule has 8 nitrogen and oxygen atoms in total. The number of aromatic nitrogens is 2. The smallest absolute Gasteiger partial charge is 0.309 e. The number of aryl methyl sites for hydroxylation is 1. The van der Waals surface area contributed by atoms with Crippen molar-refractivity contribution in [3.63, 3.8) is 0 Å². The van der Waals surface area contributed by atoms with Crippen LogP contribution in [0.25, 0.3) is 0 Å². The van der Waals surface area contributed by atoms with Gasteiger partial charge in [0, 0.05) is 23.9 Å². The van der Waals surface area contributed by atoms with E-state index in [0.717, 1.165) is 0 Å². The summed E-state index contributed by atoms with van der Waals surface area (Å²) in [6.07, 6.45) is 5.57. The number of carbonyl (C=O) groups excluding carboxylic acids is 1. The third-order valence-corrected chi connectivity index (χ3v) is 6.35. The Labute approximate surface area is 175 Å². The summed E-state index contributed by atoms with van der Waals surface area (Å²) in [7, 11) is -3.12. The van der Waals surface area contributed by atoms with Crippen LogP contribution in [0.2, 0.25) is 0 Å². The molecule has 0 spiro atoms. The van der Waals surface area contributed by atoms with Gasteiger partial charge >= 0.3 is 13.3 Å². The summed E-state index contributed by atoms with van der Waals surface area (Å²) in [4.78, 5) is 37.8. The van der Waals surface area contributed by atoms with Crippen molar-refractivity contribution in [3.8, 4) is 0 Å². The zero-order valence-electron chi connectivity index (χ0n) is 17.4. The highest BCUT2D eigenvalue weighted by Crippen LogP contribution is 2.48. The Morgan fingerprint density at radius 3 is 2.30 bits per heavy atom. The first-order chi connectivity index (χ1) is 14.3. The Kier molecular flexibility index (Phi) is 8.72. The van der Waals surface area contributed by atoms with E-state index < -0.39 is 24.8 Å². The van der Waals surface area contributed by atoms with Crippen LogP contribution in [-0.4, -0.2) is 34.4 Å². The summed E-state index contributed by atoms with van der Waals surface area (Å²) in [5, 5.41) is 0. The van der Waals surface area contributed by atoms with Crippen LogP contribution >= 0.6 is 7.60 Å². The molecule has 0 aliphatic heterocycles. The zero-order valence-corrected chi connectivity index (χ0v) is 18.3. The molecule has 1 aromatic heterocycles. The maximum absolute atomic E-state index is 12.7. The lowest BCUT2D eigenvalue weighted by Gasteiger charge is -2.15. The van der Waals surface area contributed by atoms with Gasteiger partial charge in [-0.25, -0.2) is 4.79 Å². The molecule has 162 valence electrons. The molecule has 9 heteroatoms. The molecule has 0 aliphatic rings. The van der Waals surface area contributed by atoms with E-state index in [0.29, 0.717) is 24.2 Å². The molecule has 0 bridgehead atoms. The Morgan fingerprint density at radius 1 is 1.07 bits per heavy atom. The van der Waals surface area contributed by atoms with Crippen molar-refractivity contribution in [2.45, 2.75) is 33.7 Å². The summed E-state index contributed by atoms with van der Waals surface area (Å²) in [6, 6.07) is 8.18. The van der Waals surface area contributed by atoms with Crippen molar-refractivity contribution in [1.29, 1.82) is 0 Å². The first-order valence-corrected chi connectivity index (χ1v) is 11.5. The van der Waals surface area contributed by atoms with Gasteiger partial charge in [0.15, 0.2) is 0 Å². The van der Waals surface area contributed by atoms with Gasteiger partial charge in [0.25, 0.3) is 11.5 Å². The molecule has 0 N–H and O–H groups in total. The number of carbonyl (C=O) groups is 1. The van der Waals surface area contributed by atoms with E-state index in [1.165, 1.54) is 10.8 Å². The summed E-state index contributed by atoms with van der Waals surface area (Å²) in [6.45, 7) is 5.82. The number of benzene rings is 1. The van der Waals surface area contributed by atoms with Gasteiger partial charge in [-0.15, -0.1) is 0 Å². The minimum atomic E-state index is -3.12. The lowest BCUT2D eigenvalue weighted by atomic mass is 10.2. The van der Waals surface area contributed by atoms with Gasteiger partial charge in [-0.1, -0.05) is 30.4 Å². The van der Waals surface area contributed by atoms with Crippen LogP contribution in [0.3, 0.4) is 0 Å². The second-order valence-electron chi connectivity index (χ2n) is 6.49. The van der Waals surface area contributed by atoms with E-state index in [-0.39, 0.29) is 23.8 Å². The van der Waals surface area contributed by atoms with E-state index in [9.17, 15) is 18.9 Å². The van der Waals surface area contributed by atoms with Crippen molar-refractivity contribution in [2.75, 3.05) is 19.4 Å². The third-order valence-electron chi connectivity index (χ3n) is 4.24. The van der Waals surface area contributed by atoms with Gasteiger partial charge in [-0.2, -0.15) is 4.57 Å². The van der Waals surface area contributed by atoms with Crippen LogP contribution in [0.1, 0.15) is 36.2 Å². The van der Waals surface area contributed by atoms with Gasteiger partial charge in [-0.05, 0) is 39.3 Å². The average Bonchev–Trinajstić information content (AvgIpc) is 2.72. The highest BCUT2D eigenvalue weighted by Gasteiger charge is 2.22. The predicted molar refractivity (Wildman–Crippen MR) is 115 cm³/mol. The van der Waals surface area contributed by atoms with Crippen LogP contribution < -0.4 is 11.2 Å². The minimum absolute atomic E-state index is 0.162. The maximum atomic E-state index is 12.7. The van der Waals surface area contributed by atoms with Gasteiger partial charge in [-0.3, -0.25) is 18.7 Å². The van der Waals surface area contributed by atoms with Crippen molar-refractivity contribution < 1.29 is 18.4 Å². The molecular formula is C21H27N2O6P. The molecular weight excluding hydrogens is 407 g/mol. The summed E-state index contributed by atoms with van der Waals surface area (Å²) < 4.78 is 24.8. The van der Waals surface area contributed by atoms with Gasteiger partial charge in [0.05, 0.1) is 19.4 Å². The van der Waals surface area contributed by atoms with E-state index in [4.69, 9.17) is 9.05 Å². The number of nitrogens with zero attached hydrogens (tertiary/aromatic N) is 2. The van der Waals surface area contributed by atoms with Crippen LogP contribution in [0, 0.1) is 6.92 Å². The molecule has 2 rings (SSSR count). The Balaban J connectivity index is 2.18. The summed E-state index contributed by atoms with van der Waals surface area (Å²) >= 11 is 0. The lowest BCUT2D eigenvalue weighted by Crippen LogP contribution is -2.44. The molecule has 0 fully saturated rings. The third kappa shape index (κ3) is 5.98. The Morgan fingerprint density at radius 2 is 1.70 bits per heavy atom. The maximum Gasteiger partial charge on any atom is 0.338 e. The predicted octanol–water partition coefficient (Wildman–Crippen LogP) is 3.22. The monoisotopic (exact) mass is 434 g/mol. The van der Waals surface area contributed by atoms with Crippen LogP contribution in [0.4, 0.5) is 0 Å². The normalized spacial score (nSPS) is 11.8. The van der Waals surface area contributed by atoms with E-state index in [1.54, 1.807) is 63.3 Å². The number of allylic oxidation sites excluding steroid dienone is 2. The second kappa shape index (κ2) is 11.0.